The van der Waals surface area contributed by atoms with Gasteiger partial charge in [-0.25, -0.2) is 26.7 Å². The first-order chi connectivity index (χ1) is 16.8. The van der Waals surface area contributed by atoms with Crippen molar-refractivity contribution in [3.63, 3.8) is 0 Å². The molecule has 5 aromatic rings. The topological polar surface area (TPSA) is 30.2 Å². The van der Waals surface area contributed by atoms with Crippen LogP contribution in [0.15, 0.2) is 111 Å². The summed E-state index contributed by atoms with van der Waals surface area (Å²) in [6.07, 6.45) is 0. The first-order valence-corrected chi connectivity index (χ1v) is 10.5. The lowest BCUT2D eigenvalue weighted by atomic mass is 10.1. The van der Waals surface area contributed by atoms with E-state index in [1.165, 1.54) is 17.2 Å². The van der Waals surface area contributed by atoms with E-state index in [2.05, 4.69) is 61.2 Å². The molecule has 178 valence electrons. The first kappa shape index (κ1) is 25.7. The summed E-state index contributed by atoms with van der Waals surface area (Å²) in [6.45, 7) is 0. The second kappa shape index (κ2) is 12.0. The Hall–Kier alpha value is -3.91. The average Bonchev–Trinajstić information content (AvgIpc) is 2.88. The van der Waals surface area contributed by atoms with E-state index in [1.54, 1.807) is 12.1 Å². The molecule has 0 fully saturated rings. The predicted molar refractivity (Wildman–Crippen MR) is 128 cm³/mol. The molecule has 8 heteroatoms. The van der Waals surface area contributed by atoms with Crippen LogP contribution in [0.3, 0.4) is 0 Å². The fourth-order valence-corrected chi connectivity index (χ4v) is 3.05. The van der Waals surface area contributed by atoms with Gasteiger partial charge in [-0.2, -0.15) is 0 Å². The molecular weight excluding hydrogens is 483 g/mol. The normalized spacial score (nSPS) is 10.1. The van der Waals surface area contributed by atoms with E-state index in [0.29, 0.717) is 5.58 Å². The van der Waals surface area contributed by atoms with Gasteiger partial charge in [0.05, 0.1) is 0 Å². The fourth-order valence-electron chi connectivity index (χ4n) is 2.85. The molecule has 0 aliphatic rings. The van der Waals surface area contributed by atoms with Crippen molar-refractivity contribution in [2.24, 2.45) is 0 Å². The SMILES string of the molecule is Fc1cc(F)c(F)c(F)c1F.O=c1ccc2ccc(S)cc2o1.c1ccc(-c2ccccc2)cc1. The Morgan fingerprint density at radius 3 is 1.57 bits per heavy atom. The van der Waals surface area contributed by atoms with Crippen molar-refractivity contribution in [2.75, 3.05) is 0 Å². The highest BCUT2D eigenvalue weighted by Gasteiger charge is 2.18. The summed E-state index contributed by atoms with van der Waals surface area (Å²) in [5.74, 6) is -9.65. The molecular formula is C27H17F5O2S. The molecule has 1 aromatic heterocycles. The van der Waals surface area contributed by atoms with Crippen molar-refractivity contribution >= 4 is 23.6 Å². The van der Waals surface area contributed by atoms with Crippen molar-refractivity contribution in [3.05, 3.63) is 137 Å². The van der Waals surface area contributed by atoms with Crippen LogP contribution in [0.2, 0.25) is 0 Å². The van der Waals surface area contributed by atoms with Crippen LogP contribution in [0.4, 0.5) is 22.0 Å². The molecule has 0 spiro atoms. The molecule has 0 saturated heterocycles. The average molecular weight is 500 g/mol. The van der Waals surface area contributed by atoms with Crippen LogP contribution in [0.5, 0.6) is 0 Å². The van der Waals surface area contributed by atoms with Gasteiger partial charge in [0.2, 0.25) is 5.82 Å². The van der Waals surface area contributed by atoms with E-state index >= 15 is 0 Å². The number of hydrogen-bond acceptors (Lipinski definition) is 3. The van der Waals surface area contributed by atoms with Crippen LogP contribution in [-0.4, -0.2) is 0 Å². The summed E-state index contributed by atoms with van der Waals surface area (Å²) in [5.41, 5.74) is 2.80. The maximum atomic E-state index is 12.0. The first-order valence-electron chi connectivity index (χ1n) is 10.1. The fraction of sp³-hybridized carbons (Fsp3) is 0. The number of hydrogen-bond donors (Lipinski definition) is 1. The third kappa shape index (κ3) is 7.04. The largest absolute Gasteiger partial charge is 0.423 e. The minimum absolute atomic E-state index is 0.0618. The molecule has 0 amide bonds. The monoisotopic (exact) mass is 500 g/mol. The summed E-state index contributed by atoms with van der Waals surface area (Å²) in [4.78, 5) is 11.6. The molecule has 0 aliphatic carbocycles. The van der Waals surface area contributed by atoms with Gasteiger partial charge in [0.1, 0.15) is 5.58 Å². The van der Waals surface area contributed by atoms with Gasteiger partial charge in [0.15, 0.2) is 23.3 Å². The second-order valence-corrected chi connectivity index (χ2v) is 7.51. The minimum Gasteiger partial charge on any atom is -0.423 e. The summed E-state index contributed by atoms with van der Waals surface area (Å²) >= 11 is 4.13. The zero-order valence-electron chi connectivity index (χ0n) is 17.9. The van der Waals surface area contributed by atoms with E-state index in [0.717, 1.165) is 10.3 Å². The number of thiol groups is 1. The summed E-state index contributed by atoms with van der Waals surface area (Å²) in [6, 6.07) is 29.3. The number of benzene rings is 4. The van der Waals surface area contributed by atoms with Crippen molar-refractivity contribution in [1.82, 2.24) is 0 Å². The molecule has 4 aromatic carbocycles. The van der Waals surface area contributed by atoms with Crippen LogP contribution >= 0.6 is 12.6 Å². The molecule has 0 N–H and O–H groups in total. The minimum atomic E-state index is -2.14. The van der Waals surface area contributed by atoms with Gasteiger partial charge in [0.25, 0.3) is 0 Å². The van der Waals surface area contributed by atoms with E-state index in [1.807, 2.05) is 24.3 Å². The number of fused-ring (bicyclic) bond motifs is 1. The Morgan fingerprint density at radius 2 is 1.06 bits per heavy atom. The maximum absolute atomic E-state index is 12.0. The van der Waals surface area contributed by atoms with E-state index in [9.17, 15) is 26.7 Å². The van der Waals surface area contributed by atoms with Crippen molar-refractivity contribution in [3.8, 4) is 11.1 Å². The van der Waals surface area contributed by atoms with Crippen LogP contribution in [0, 0.1) is 29.1 Å². The maximum Gasteiger partial charge on any atom is 0.336 e. The zero-order valence-corrected chi connectivity index (χ0v) is 18.8. The molecule has 0 aliphatic heterocycles. The van der Waals surface area contributed by atoms with E-state index < -0.39 is 29.1 Å². The van der Waals surface area contributed by atoms with Gasteiger partial charge < -0.3 is 4.42 Å². The van der Waals surface area contributed by atoms with Crippen molar-refractivity contribution in [1.29, 1.82) is 0 Å². The summed E-state index contributed by atoms with van der Waals surface area (Å²) in [7, 11) is 0. The van der Waals surface area contributed by atoms with Gasteiger partial charge in [0, 0.05) is 22.4 Å². The molecule has 5 rings (SSSR count). The van der Waals surface area contributed by atoms with Gasteiger partial charge in [-0.15, -0.1) is 12.6 Å². The molecule has 0 saturated carbocycles. The molecule has 0 bridgehead atoms. The Kier molecular flexibility index (Phi) is 8.80. The van der Waals surface area contributed by atoms with Gasteiger partial charge in [-0.05, 0) is 29.3 Å². The number of rotatable bonds is 1. The molecule has 35 heavy (non-hydrogen) atoms. The smallest absolute Gasteiger partial charge is 0.336 e. The highest BCUT2D eigenvalue weighted by atomic mass is 32.1. The quantitative estimate of drug-likeness (QED) is 0.0836. The van der Waals surface area contributed by atoms with E-state index in [-0.39, 0.29) is 11.7 Å². The summed E-state index contributed by atoms with van der Waals surface area (Å²) < 4.78 is 65.0. The van der Waals surface area contributed by atoms with Crippen LogP contribution in [-0.2, 0) is 0 Å². The third-order valence-corrected chi connectivity index (χ3v) is 4.82. The van der Waals surface area contributed by atoms with E-state index in [4.69, 9.17) is 4.42 Å². The van der Waals surface area contributed by atoms with Gasteiger partial charge in [-0.3, -0.25) is 0 Å². The lowest BCUT2D eigenvalue weighted by Gasteiger charge is -1.98. The molecule has 2 nitrogen and oxygen atoms in total. The third-order valence-electron chi connectivity index (χ3n) is 4.55. The van der Waals surface area contributed by atoms with Gasteiger partial charge in [-0.1, -0.05) is 66.7 Å². The number of halogens is 5. The Labute approximate surface area is 202 Å². The lowest BCUT2D eigenvalue weighted by Crippen LogP contribution is -1.98. The highest BCUT2D eigenvalue weighted by Crippen LogP contribution is 2.18. The molecule has 0 atom stereocenters. The summed E-state index contributed by atoms with van der Waals surface area (Å²) in [5, 5.41) is 0.910. The standard InChI is InChI=1S/C12H10.C9H6O2S.C6HF5/c1-3-7-11(8-4-1)12-9-5-2-6-10-12;10-9-4-2-6-1-3-7(12)5-8(6)11-9;7-2-1-3(8)5(10)6(11)4(2)9/h1-10H;1-5,12H;1H. The molecule has 0 radical (unpaired) electrons. The van der Waals surface area contributed by atoms with Crippen LogP contribution in [0.1, 0.15) is 0 Å². The molecule has 1 heterocycles. The molecule has 0 unspecified atom stereocenters. The Balaban J connectivity index is 0.000000147. The lowest BCUT2D eigenvalue weighted by molar-refractivity contribution is 0.378. The second-order valence-electron chi connectivity index (χ2n) is 6.99. The Bertz CT molecular complexity index is 1410. The van der Waals surface area contributed by atoms with Gasteiger partial charge >= 0.3 is 5.63 Å². The van der Waals surface area contributed by atoms with Crippen molar-refractivity contribution in [2.45, 2.75) is 4.90 Å². The van der Waals surface area contributed by atoms with Crippen molar-refractivity contribution < 1.29 is 26.4 Å². The Morgan fingerprint density at radius 1 is 0.571 bits per heavy atom. The van der Waals surface area contributed by atoms with Crippen LogP contribution in [0.25, 0.3) is 22.1 Å². The highest BCUT2D eigenvalue weighted by molar-refractivity contribution is 7.80. The predicted octanol–water partition coefficient (Wildman–Crippen LogP) is 7.82. The van der Waals surface area contributed by atoms with Crippen LogP contribution < -0.4 is 5.63 Å². The zero-order chi connectivity index (χ0) is 25.4.